The summed E-state index contributed by atoms with van der Waals surface area (Å²) in [7, 11) is 5.74. The number of aromatic nitrogens is 3. The van der Waals surface area contributed by atoms with Crippen LogP contribution in [0.2, 0.25) is 0 Å². The van der Waals surface area contributed by atoms with Gasteiger partial charge in [-0.3, -0.25) is 14.5 Å². The fraction of sp³-hybridized carbons (Fsp3) is 0.269. The summed E-state index contributed by atoms with van der Waals surface area (Å²) in [6.07, 6.45) is 4.72. The number of benzene rings is 2. The van der Waals surface area contributed by atoms with Crippen molar-refractivity contribution in [3.8, 4) is 16.9 Å². The van der Waals surface area contributed by atoms with Gasteiger partial charge in [-0.05, 0) is 41.5 Å². The summed E-state index contributed by atoms with van der Waals surface area (Å²) in [6, 6.07) is 12.5. The van der Waals surface area contributed by atoms with Crippen molar-refractivity contribution in [2.45, 2.75) is 24.4 Å². The van der Waals surface area contributed by atoms with Gasteiger partial charge in [0.15, 0.2) is 0 Å². The zero-order valence-electron chi connectivity index (χ0n) is 20.5. The summed E-state index contributed by atoms with van der Waals surface area (Å²) in [5.74, 6) is 0.191. The summed E-state index contributed by atoms with van der Waals surface area (Å²) < 4.78 is 28.6. The molecule has 0 radical (unpaired) electrons. The molecule has 2 aromatic heterocycles. The summed E-state index contributed by atoms with van der Waals surface area (Å²) >= 11 is 0. The zero-order chi connectivity index (χ0) is 25.0. The number of amides is 1. The SMILES string of the molecule is BC1(B)c2ncccc2C(=O)N1Cc1ccc(-c2ccc(OCC3CCO3)c3nn(C)cc23)cc1F. The number of hydrogen-bond donors (Lipinski definition) is 0. The topological polar surface area (TPSA) is 69.5 Å². The van der Waals surface area contributed by atoms with Crippen molar-refractivity contribution in [3.63, 3.8) is 0 Å². The van der Waals surface area contributed by atoms with Crippen LogP contribution >= 0.6 is 0 Å². The molecule has 180 valence electrons. The van der Waals surface area contributed by atoms with Gasteiger partial charge in [0, 0.05) is 55.3 Å². The third-order valence-corrected chi connectivity index (χ3v) is 7.20. The van der Waals surface area contributed by atoms with Gasteiger partial charge in [0.25, 0.3) is 5.91 Å². The Kier molecular flexibility index (Phi) is 5.37. The molecule has 6 rings (SSSR count). The molecular formula is C26H25B2FN4O3. The quantitative estimate of drug-likeness (QED) is 0.394. The molecule has 4 heterocycles. The lowest BCUT2D eigenvalue weighted by Gasteiger charge is -2.32. The lowest BCUT2D eigenvalue weighted by atomic mass is 9.59. The van der Waals surface area contributed by atoms with Crippen molar-refractivity contribution < 1.29 is 18.7 Å². The van der Waals surface area contributed by atoms with E-state index in [4.69, 9.17) is 9.47 Å². The van der Waals surface area contributed by atoms with Gasteiger partial charge in [0.05, 0.1) is 17.4 Å². The number of fused-ring (bicyclic) bond motifs is 2. The number of aryl methyl sites for hydroxylation is 1. The molecule has 1 unspecified atom stereocenters. The molecule has 0 N–H and O–H groups in total. The van der Waals surface area contributed by atoms with Crippen LogP contribution < -0.4 is 4.74 Å². The van der Waals surface area contributed by atoms with Gasteiger partial charge in [-0.15, -0.1) is 0 Å². The average Bonchev–Trinajstić information content (AvgIpc) is 3.31. The molecule has 0 saturated carbocycles. The van der Waals surface area contributed by atoms with E-state index in [9.17, 15) is 4.79 Å². The zero-order valence-corrected chi connectivity index (χ0v) is 20.5. The number of pyridine rings is 1. The van der Waals surface area contributed by atoms with E-state index in [1.165, 1.54) is 6.07 Å². The first kappa shape index (κ1) is 22.8. The van der Waals surface area contributed by atoms with Crippen LogP contribution in [-0.2, 0) is 23.7 Å². The molecule has 0 bridgehead atoms. The maximum absolute atomic E-state index is 15.4. The molecule has 2 aromatic carbocycles. The minimum atomic E-state index is -0.624. The smallest absolute Gasteiger partial charge is 0.255 e. The van der Waals surface area contributed by atoms with Gasteiger partial charge in [-0.25, -0.2) is 4.39 Å². The van der Waals surface area contributed by atoms with Crippen LogP contribution in [0.25, 0.3) is 22.0 Å². The minimum absolute atomic E-state index is 0.126. The van der Waals surface area contributed by atoms with Crippen LogP contribution in [-0.4, -0.2) is 60.6 Å². The van der Waals surface area contributed by atoms with Gasteiger partial charge in [0.1, 0.15) is 39.4 Å². The van der Waals surface area contributed by atoms with Crippen LogP contribution in [0.1, 0.15) is 28.0 Å². The highest BCUT2D eigenvalue weighted by Crippen LogP contribution is 2.37. The first-order chi connectivity index (χ1) is 17.3. The fourth-order valence-electron chi connectivity index (χ4n) is 5.04. The Bertz CT molecular complexity index is 1500. The summed E-state index contributed by atoms with van der Waals surface area (Å²) in [4.78, 5) is 19.1. The second kappa shape index (κ2) is 8.48. The highest BCUT2D eigenvalue weighted by molar-refractivity contribution is 6.42. The average molecular weight is 482 g/mol. The number of rotatable bonds is 6. The maximum atomic E-state index is 15.4. The van der Waals surface area contributed by atoms with Crippen LogP contribution in [0.4, 0.5) is 4.39 Å². The lowest BCUT2D eigenvalue weighted by molar-refractivity contribution is -0.0718. The highest BCUT2D eigenvalue weighted by atomic mass is 19.1. The summed E-state index contributed by atoms with van der Waals surface area (Å²) in [5, 5.41) is 4.84. The summed E-state index contributed by atoms with van der Waals surface area (Å²) in [5.41, 5.74) is 4.08. The van der Waals surface area contributed by atoms with E-state index >= 15 is 4.39 Å². The van der Waals surface area contributed by atoms with E-state index in [0.717, 1.165) is 40.8 Å². The molecule has 7 nitrogen and oxygen atoms in total. The van der Waals surface area contributed by atoms with Crippen LogP contribution in [0.15, 0.2) is 54.9 Å². The van der Waals surface area contributed by atoms with E-state index in [0.29, 0.717) is 23.5 Å². The Labute approximate surface area is 210 Å². The van der Waals surface area contributed by atoms with E-state index < -0.39 is 5.34 Å². The Hall–Kier alpha value is -3.65. The normalized spacial score (nSPS) is 18.3. The third-order valence-electron chi connectivity index (χ3n) is 7.20. The minimum Gasteiger partial charge on any atom is -0.489 e. The predicted octanol–water partition coefficient (Wildman–Crippen LogP) is 1.97. The van der Waals surface area contributed by atoms with E-state index in [2.05, 4.69) is 10.1 Å². The molecule has 36 heavy (non-hydrogen) atoms. The Balaban J connectivity index is 1.29. The Morgan fingerprint density at radius 1 is 1.22 bits per heavy atom. The van der Waals surface area contributed by atoms with Gasteiger partial charge < -0.3 is 14.4 Å². The van der Waals surface area contributed by atoms with Crippen molar-refractivity contribution in [2.75, 3.05) is 13.2 Å². The standard InChI is InChI=1S/C26H25B2FN4O3/c1-32-13-20-18(6-7-22(23(20)31-32)36-14-17-8-10-35-17)15-4-5-16(21(29)11-15)12-33-25(34)19-3-2-9-30-24(19)26(33,27)28/h2-7,9,11,13,17H,8,10,12,14,27-28H2,1H3. The molecule has 4 aromatic rings. The van der Waals surface area contributed by atoms with Crippen molar-refractivity contribution in [1.29, 1.82) is 0 Å². The number of carbonyl (C=O) groups excluding carboxylic acids is 1. The first-order valence-corrected chi connectivity index (χ1v) is 12.1. The highest BCUT2D eigenvalue weighted by Gasteiger charge is 2.43. The van der Waals surface area contributed by atoms with Crippen LogP contribution in [0.3, 0.4) is 0 Å². The number of hydrogen-bond acceptors (Lipinski definition) is 5. The number of ether oxygens (including phenoxy) is 2. The number of carbonyl (C=O) groups is 1. The maximum Gasteiger partial charge on any atom is 0.255 e. The summed E-state index contributed by atoms with van der Waals surface area (Å²) in [6.45, 7) is 1.42. The Morgan fingerprint density at radius 3 is 2.78 bits per heavy atom. The van der Waals surface area contributed by atoms with Gasteiger partial charge >= 0.3 is 0 Å². The largest absolute Gasteiger partial charge is 0.489 e. The molecular weight excluding hydrogens is 457 g/mol. The molecule has 1 atom stereocenters. The third kappa shape index (κ3) is 3.67. The predicted molar refractivity (Wildman–Crippen MR) is 139 cm³/mol. The van der Waals surface area contributed by atoms with Crippen molar-refractivity contribution in [3.05, 3.63) is 77.5 Å². The number of halogens is 1. The van der Waals surface area contributed by atoms with Crippen molar-refractivity contribution >= 4 is 32.5 Å². The molecule has 0 spiro atoms. The van der Waals surface area contributed by atoms with E-state index in [1.807, 2.05) is 47.1 Å². The van der Waals surface area contributed by atoms with Crippen LogP contribution in [0.5, 0.6) is 5.75 Å². The lowest BCUT2D eigenvalue weighted by Crippen LogP contribution is -2.44. The molecule has 0 aliphatic carbocycles. The Morgan fingerprint density at radius 2 is 2.06 bits per heavy atom. The molecule has 10 heteroatoms. The monoisotopic (exact) mass is 482 g/mol. The first-order valence-electron chi connectivity index (χ1n) is 12.1. The fourth-order valence-corrected chi connectivity index (χ4v) is 5.04. The second-order valence-electron chi connectivity index (χ2n) is 9.92. The van der Waals surface area contributed by atoms with Crippen molar-refractivity contribution in [1.82, 2.24) is 19.7 Å². The molecule has 1 amide bonds. The molecule has 1 saturated heterocycles. The van der Waals surface area contributed by atoms with Gasteiger partial charge in [-0.2, -0.15) is 5.10 Å². The molecule has 1 fully saturated rings. The second-order valence-corrected chi connectivity index (χ2v) is 9.92. The van der Waals surface area contributed by atoms with Gasteiger partial charge in [-0.1, -0.05) is 12.1 Å². The molecule has 2 aliphatic heterocycles. The molecule has 2 aliphatic rings. The van der Waals surface area contributed by atoms with E-state index in [-0.39, 0.29) is 24.4 Å². The van der Waals surface area contributed by atoms with E-state index in [1.54, 1.807) is 34.0 Å². The van der Waals surface area contributed by atoms with Gasteiger partial charge in [0.2, 0.25) is 0 Å². The van der Waals surface area contributed by atoms with Crippen LogP contribution in [0, 0.1) is 5.82 Å². The van der Waals surface area contributed by atoms with Crippen molar-refractivity contribution in [2.24, 2.45) is 7.05 Å². The number of nitrogens with zero attached hydrogens (tertiary/aromatic N) is 4.